The number of nitrogens with one attached hydrogen (secondary N) is 1. The predicted molar refractivity (Wildman–Crippen MR) is 106 cm³/mol. The van der Waals surface area contributed by atoms with Crippen LogP contribution in [0.4, 0.5) is 5.95 Å². The molecular weight excluding hydrogens is 364 g/mol. The molecule has 0 amide bonds. The van der Waals surface area contributed by atoms with Gasteiger partial charge in [-0.2, -0.15) is 9.67 Å². The maximum absolute atomic E-state index is 12.4. The van der Waals surface area contributed by atoms with Crippen LogP contribution in [0.15, 0.2) is 48.5 Å². The predicted octanol–water partition coefficient (Wildman–Crippen LogP) is 4.66. The standard InChI is InChI=1S/C20H21ClN4O2/c1-3-4-18(26)25-20(22-13-14-5-9-16(21)10-6-14)23-19(24-25)15-7-11-17(27-2)12-8-15/h5-12H,3-4,13H2,1-2H3,(H,22,23,24). The number of methoxy groups -OCH3 is 1. The van der Waals surface area contributed by atoms with Gasteiger partial charge in [0.1, 0.15) is 5.75 Å². The molecule has 140 valence electrons. The van der Waals surface area contributed by atoms with Crippen LogP contribution in [-0.4, -0.2) is 27.8 Å². The minimum absolute atomic E-state index is 0.0941. The Morgan fingerprint density at radius 3 is 2.48 bits per heavy atom. The van der Waals surface area contributed by atoms with Crippen LogP contribution in [-0.2, 0) is 6.54 Å². The van der Waals surface area contributed by atoms with Gasteiger partial charge in [-0.3, -0.25) is 4.79 Å². The molecule has 1 aromatic heterocycles. The smallest absolute Gasteiger partial charge is 0.250 e. The van der Waals surface area contributed by atoms with Gasteiger partial charge in [0.25, 0.3) is 0 Å². The molecule has 0 saturated carbocycles. The molecule has 3 aromatic rings. The normalized spacial score (nSPS) is 10.6. The van der Waals surface area contributed by atoms with Crippen LogP contribution >= 0.6 is 11.6 Å². The number of carbonyl (C=O) groups excluding carboxylic acids is 1. The second-order valence-electron chi connectivity index (χ2n) is 6.02. The molecule has 0 bridgehead atoms. The van der Waals surface area contributed by atoms with Crippen molar-refractivity contribution in [1.29, 1.82) is 0 Å². The minimum atomic E-state index is -0.0941. The summed E-state index contributed by atoms with van der Waals surface area (Å²) in [6.45, 7) is 2.47. The molecule has 0 saturated heterocycles. The van der Waals surface area contributed by atoms with E-state index in [-0.39, 0.29) is 5.91 Å². The Morgan fingerprint density at radius 2 is 1.85 bits per heavy atom. The van der Waals surface area contributed by atoms with E-state index in [1.54, 1.807) is 7.11 Å². The van der Waals surface area contributed by atoms with Gasteiger partial charge in [-0.15, -0.1) is 5.10 Å². The molecule has 0 aliphatic rings. The number of rotatable bonds is 7. The third kappa shape index (κ3) is 4.65. The topological polar surface area (TPSA) is 69.0 Å². The average Bonchev–Trinajstić information content (AvgIpc) is 3.12. The first-order chi connectivity index (χ1) is 13.1. The lowest BCUT2D eigenvalue weighted by Gasteiger charge is -2.07. The van der Waals surface area contributed by atoms with Crippen molar-refractivity contribution in [1.82, 2.24) is 14.8 Å². The number of aromatic nitrogens is 3. The van der Waals surface area contributed by atoms with Crippen LogP contribution < -0.4 is 10.1 Å². The first kappa shape index (κ1) is 18.9. The fraction of sp³-hybridized carbons (Fsp3) is 0.250. The zero-order chi connectivity index (χ0) is 19.2. The van der Waals surface area contributed by atoms with Gasteiger partial charge in [0.05, 0.1) is 7.11 Å². The van der Waals surface area contributed by atoms with E-state index in [2.05, 4.69) is 15.4 Å². The van der Waals surface area contributed by atoms with E-state index in [1.807, 2.05) is 55.5 Å². The van der Waals surface area contributed by atoms with Gasteiger partial charge in [-0.05, 0) is 48.4 Å². The molecule has 2 aromatic carbocycles. The van der Waals surface area contributed by atoms with Crippen molar-refractivity contribution in [2.75, 3.05) is 12.4 Å². The monoisotopic (exact) mass is 384 g/mol. The Kier molecular flexibility index (Phi) is 6.08. The maximum Gasteiger partial charge on any atom is 0.250 e. The van der Waals surface area contributed by atoms with E-state index in [0.29, 0.717) is 29.8 Å². The zero-order valence-corrected chi connectivity index (χ0v) is 16.0. The number of anilines is 1. The van der Waals surface area contributed by atoms with E-state index in [0.717, 1.165) is 23.3 Å². The van der Waals surface area contributed by atoms with Crippen molar-refractivity contribution in [3.8, 4) is 17.1 Å². The third-order valence-electron chi connectivity index (χ3n) is 4.02. The van der Waals surface area contributed by atoms with Crippen LogP contribution in [0.1, 0.15) is 30.1 Å². The summed E-state index contributed by atoms with van der Waals surface area (Å²) < 4.78 is 6.52. The molecule has 0 spiro atoms. The molecule has 0 radical (unpaired) electrons. The van der Waals surface area contributed by atoms with Gasteiger partial charge in [-0.25, -0.2) is 0 Å². The van der Waals surface area contributed by atoms with Crippen molar-refractivity contribution < 1.29 is 9.53 Å². The summed E-state index contributed by atoms with van der Waals surface area (Å²) in [6, 6.07) is 14.9. The van der Waals surface area contributed by atoms with Gasteiger partial charge in [0.15, 0.2) is 5.82 Å². The van der Waals surface area contributed by atoms with E-state index >= 15 is 0 Å². The first-order valence-electron chi connectivity index (χ1n) is 8.73. The zero-order valence-electron chi connectivity index (χ0n) is 15.3. The lowest BCUT2D eigenvalue weighted by Crippen LogP contribution is -2.16. The molecule has 1 N–H and O–H groups in total. The van der Waals surface area contributed by atoms with Crippen LogP contribution in [0.2, 0.25) is 5.02 Å². The van der Waals surface area contributed by atoms with E-state index in [1.165, 1.54) is 4.68 Å². The lowest BCUT2D eigenvalue weighted by molar-refractivity contribution is 0.0888. The molecule has 0 atom stereocenters. The molecule has 0 aliphatic carbocycles. The Bertz CT molecular complexity index is 905. The minimum Gasteiger partial charge on any atom is -0.497 e. The fourth-order valence-corrected chi connectivity index (χ4v) is 2.69. The number of carbonyl (C=O) groups is 1. The van der Waals surface area contributed by atoms with Gasteiger partial charge < -0.3 is 10.1 Å². The van der Waals surface area contributed by atoms with Crippen LogP contribution in [0.25, 0.3) is 11.4 Å². The highest BCUT2D eigenvalue weighted by Crippen LogP contribution is 2.22. The SMILES string of the molecule is CCCC(=O)n1nc(-c2ccc(OC)cc2)nc1NCc1ccc(Cl)cc1. The Hall–Kier alpha value is -2.86. The summed E-state index contributed by atoms with van der Waals surface area (Å²) in [5, 5.41) is 8.30. The van der Waals surface area contributed by atoms with Gasteiger partial charge in [0, 0.05) is 23.6 Å². The summed E-state index contributed by atoms with van der Waals surface area (Å²) in [5.74, 6) is 1.57. The summed E-state index contributed by atoms with van der Waals surface area (Å²) >= 11 is 5.92. The highest BCUT2D eigenvalue weighted by Gasteiger charge is 2.16. The Morgan fingerprint density at radius 1 is 1.15 bits per heavy atom. The second kappa shape index (κ2) is 8.68. The number of hydrogen-bond acceptors (Lipinski definition) is 5. The largest absolute Gasteiger partial charge is 0.497 e. The molecule has 3 rings (SSSR count). The molecule has 1 heterocycles. The number of ether oxygens (including phenoxy) is 1. The lowest BCUT2D eigenvalue weighted by atomic mass is 10.2. The van der Waals surface area contributed by atoms with Crippen LogP contribution in [0.5, 0.6) is 5.75 Å². The van der Waals surface area contributed by atoms with Gasteiger partial charge in [-0.1, -0.05) is 30.7 Å². The van der Waals surface area contributed by atoms with Crippen molar-refractivity contribution in [2.24, 2.45) is 0 Å². The molecule has 7 heteroatoms. The Labute approximate surface area is 163 Å². The first-order valence-corrected chi connectivity index (χ1v) is 9.11. The van der Waals surface area contributed by atoms with Crippen molar-refractivity contribution in [2.45, 2.75) is 26.3 Å². The third-order valence-corrected chi connectivity index (χ3v) is 4.27. The molecule has 0 aliphatic heterocycles. The highest BCUT2D eigenvalue weighted by molar-refractivity contribution is 6.30. The van der Waals surface area contributed by atoms with E-state index in [9.17, 15) is 4.79 Å². The van der Waals surface area contributed by atoms with Crippen molar-refractivity contribution in [3.05, 3.63) is 59.1 Å². The van der Waals surface area contributed by atoms with Crippen molar-refractivity contribution in [3.63, 3.8) is 0 Å². The van der Waals surface area contributed by atoms with Gasteiger partial charge >= 0.3 is 0 Å². The number of hydrogen-bond donors (Lipinski definition) is 1. The number of benzene rings is 2. The summed E-state index contributed by atoms with van der Waals surface area (Å²) in [5.41, 5.74) is 1.84. The number of halogens is 1. The average molecular weight is 385 g/mol. The van der Waals surface area contributed by atoms with Crippen molar-refractivity contribution >= 4 is 23.5 Å². The molecular formula is C20H21ClN4O2. The van der Waals surface area contributed by atoms with E-state index < -0.39 is 0 Å². The maximum atomic E-state index is 12.4. The second-order valence-corrected chi connectivity index (χ2v) is 6.46. The summed E-state index contributed by atoms with van der Waals surface area (Å²) in [7, 11) is 1.62. The quantitative estimate of drug-likeness (QED) is 0.641. The van der Waals surface area contributed by atoms with Crippen LogP contribution in [0, 0.1) is 0 Å². The summed E-state index contributed by atoms with van der Waals surface area (Å²) in [6.07, 6.45) is 1.15. The Balaban J connectivity index is 1.86. The number of nitrogens with zero attached hydrogens (tertiary/aromatic N) is 3. The molecule has 27 heavy (non-hydrogen) atoms. The summed E-state index contributed by atoms with van der Waals surface area (Å²) in [4.78, 5) is 17.0. The molecule has 6 nitrogen and oxygen atoms in total. The fourth-order valence-electron chi connectivity index (χ4n) is 2.57. The molecule has 0 fully saturated rings. The highest BCUT2D eigenvalue weighted by atomic mass is 35.5. The van der Waals surface area contributed by atoms with E-state index in [4.69, 9.17) is 16.3 Å². The van der Waals surface area contributed by atoms with Crippen LogP contribution in [0.3, 0.4) is 0 Å². The molecule has 0 unspecified atom stereocenters. The van der Waals surface area contributed by atoms with Gasteiger partial charge in [0.2, 0.25) is 11.9 Å².